The second-order valence-corrected chi connectivity index (χ2v) is 6.10. The summed E-state index contributed by atoms with van der Waals surface area (Å²) in [7, 11) is 0. The predicted octanol–water partition coefficient (Wildman–Crippen LogP) is 3.24. The van der Waals surface area contributed by atoms with Gasteiger partial charge in [0.2, 0.25) is 0 Å². The van der Waals surface area contributed by atoms with Crippen molar-refractivity contribution in [2.24, 2.45) is 0 Å². The summed E-state index contributed by atoms with van der Waals surface area (Å²) in [4.78, 5) is 22.9. The Morgan fingerprint density at radius 1 is 1.26 bits per heavy atom. The van der Waals surface area contributed by atoms with Crippen LogP contribution in [0.4, 0.5) is 8.78 Å². The van der Waals surface area contributed by atoms with Crippen LogP contribution in [-0.4, -0.2) is 34.7 Å². The van der Waals surface area contributed by atoms with E-state index in [1.165, 1.54) is 0 Å². The van der Waals surface area contributed by atoms with E-state index in [1.54, 1.807) is 0 Å². The fourth-order valence-corrected chi connectivity index (χ4v) is 2.87. The lowest BCUT2D eigenvalue weighted by molar-refractivity contribution is -0.433. The minimum Gasteiger partial charge on any atom is -0.457 e. The lowest BCUT2D eigenvalue weighted by atomic mass is 9.81. The van der Waals surface area contributed by atoms with Crippen molar-refractivity contribution in [3.8, 4) is 0 Å². The van der Waals surface area contributed by atoms with E-state index in [4.69, 9.17) is 9.99 Å². The predicted molar refractivity (Wildman–Crippen MR) is 75.1 cm³/mol. The number of ether oxygens (including phenoxy) is 2. The zero-order valence-corrected chi connectivity index (χ0v) is 13.5. The van der Waals surface area contributed by atoms with Gasteiger partial charge in [0.05, 0.1) is 0 Å². The van der Waals surface area contributed by atoms with Crippen molar-refractivity contribution >= 4 is 24.0 Å². The molecule has 0 bridgehead atoms. The van der Waals surface area contributed by atoms with Crippen LogP contribution in [0.25, 0.3) is 0 Å². The van der Waals surface area contributed by atoms with Crippen molar-refractivity contribution < 1.29 is 42.5 Å². The number of carbonyl (C=O) groups excluding carboxylic acids is 2. The molecular formula is C13H20F2O7S. The molecule has 0 aliphatic heterocycles. The molecule has 0 radical (unpaired) electrons. The molecule has 1 aliphatic carbocycles. The summed E-state index contributed by atoms with van der Waals surface area (Å²) in [5, 5.41) is 6.64. The van der Waals surface area contributed by atoms with Gasteiger partial charge in [-0.1, -0.05) is 24.8 Å². The van der Waals surface area contributed by atoms with Gasteiger partial charge in [0.1, 0.15) is 17.6 Å². The standard InChI is InChI=1S/C13H20F2O7S/c1-2-6-12(7-4-3-5-8-12)20-10(16)9-19-11(17)13(14,15)23-22-21-18/h18H,2-9H2,1H3. The number of halogens is 2. The third-order valence-electron chi connectivity index (χ3n) is 3.53. The van der Waals surface area contributed by atoms with E-state index in [0.717, 1.165) is 25.7 Å². The van der Waals surface area contributed by atoms with Crippen molar-refractivity contribution in [2.75, 3.05) is 6.61 Å². The highest BCUT2D eigenvalue weighted by Gasteiger charge is 2.44. The molecule has 1 saturated carbocycles. The van der Waals surface area contributed by atoms with Gasteiger partial charge in [0.15, 0.2) is 6.61 Å². The van der Waals surface area contributed by atoms with Crippen molar-refractivity contribution in [2.45, 2.75) is 62.7 Å². The fraction of sp³-hybridized carbons (Fsp3) is 0.846. The Bertz CT molecular complexity index is 394. The van der Waals surface area contributed by atoms with Crippen molar-refractivity contribution in [1.29, 1.82) is 0 Å². The van der Waals surface area contributed by atoms with Gasteiger partial charge >= 0.3 is 17.2 Å². The third-order valence-corrected chi connectivity index (χ3v) is 4.03. The second-order valence-electron chi connectivity index (χ2n) is 5.29. The molecule has 7 nitrogen and oxygen atoms in total. The topological polar surface area (TPSA) is 91.3 Å². The molecule has 0 unspecified atom stereocenters. The molecule has 0 amide bonds. The highest BCUT2D eigenvalue weighted by molar-refractivity contribution is 7.96. The lowest BCUT2D eigenvalue weighted by Crippen LogP contribution is -2.39. The van der Waals surface area contributed by atoms with E-state index in [9.17, 15) is 18.4 Å². The van der Waals surface area contributed by atoms with Gasteiger partial charge in [-0.25, -0.2) is 14.8 Å². The van der Waals surface area contributed by atoms with E-state index in [2.05, 4.69) is 14.1 Å². The van der Waals surface area contributed by atoms with Crippen LogP contribution in [0, 0.1) is 0 Å². The molecule has 23 heavy (non-hydrogen) atoms. The summed E-state index contributed by atoms with van der Waals surface area (Å²) >= 11 is -0.751. The molecule has 0 heterocycles. The van der Waals surface area contributed by atoms with Crippen LogP contribution in [0.2, 0.25) is 0 Å². The van der Waals surface area contributed by atoms with Crippen LogP contribution < -0.4 is 0 Å². The minimum atomic E-state index is -4.13. The molecule has 1 rings (SSSR count). The maximum Gasteiger partial charge on any atom is 0.415 e. The Balaban J connectivity index is 2.47. The Hall–Kier alpha value is -0.970. The average molecular weight is 358 g/mol. The SMILES string of the molecule is CCCC1(OC(=O)COC(=O)C(F)(F)SOOO)CCCCC1. The van der Waals surface area contributed by atoms with E-state index in [1.807, 2.05) is 6.92 Å². The maximum atomic E-state index is 13.1. The second kappa shape index (κ2) is 9.36. The van der Waals surface area contributed by atoms with Crippen LogP contribution in [-0.2, 0) is 28.4 Å². The monoisotopic (exact) mass is 358 g/mol. The first-order valence-corrected chi connectivity index (χ1v) is 8.02. The number of hydrogen-bond acceptors (Lipinski definition) is 8. The van der Waals surface area contributed by atoms with Crippen LogP contribution in [0.3, 0.4) is 0 Å². The summed E-state index contributed by atoms with van der Waals surface area (Å²) in [6.45, 7) is 1.05. The van der Waals surface area contributed by atoms with Crippen molar-refractivity contribution in [3.05, 3.63) is 0 Å². The number of esters is 2. The van der Waals surface area contributed by atoms with Gasteiger partial charge in [-0.15, -0.1) is 4.33 Å². The molecule has 0 atom stereocenters. The molecule has 134 valence electrons. The molecule has 0 saturated heterocycles. The summed E-state index contributed by atoms with van der Waals surface area (Å²) in [6.07, 6.45) is 5.86. The average Bonchev–Trinajstić information content (AvgIpc) is 2.51. The Morgan fingerprint density at radius 2 is 1.91 bits per heavy atom. The summed E-state index contributed by atoms with van der Waals surface area (Å²) in [5.74, 6) is -2.86. The van der Waals surface area contributed by atoms with Crippen LogP contribution >= 0.6 is 12.0 Å². The molecule has 0 spiro atoms. The largest absolute Gasteiger partial charge is 0.457 e. The highest BCUT2D eigenvalue weighted by atomic mass is 32.2. The Labute approximate surface area is 136 Å². The van der Waals surface area contributed by atoms with Crippen molar-refractivity contribution in [3.63, 3.8) is 0 Å². The van der Waals surface area contributed by atoms with Gasteiger partial charge in [-0.05, 0) is 32.1 Å². The summed E-state index contributed by atoms with van der Waals surface area (Å²) in [6, 6.07) is 0. The minimum absolute atomic E-state index is 0.596. The molecule has 0 aromatic heterocycles. The lowest BCUT2D eigenvalue weighted by Gasteiger charge is -2.36. The van der Waals surface area contributed by atoms with Crippen molar-refractivity contribution in [1.82, 2.24) is 0 Å². The zero-order chi connectivity index (χ0) is 17.3. The summed E-state index contributed by atoms with van der Waals surface area (Å²) in [5.41, 5.74) is -0.596. The zero-order valence-electron chi connectivity index (χ0n) is 12.7. The van der Waals surface area contributed by atoms with Crippen LogP contribution in [0.5, 0.6) is 0 Å². The first-order chi connectivity index (χ1) is 10.9. The first-order valence-electron chi connectivity index (χ1n) is 7.28. The van der Waals surface area contributed by atoms with E-state index < -0.39 is 41.4 Å². The van der Waals surface area contributed by atoms with E-state index >= 15 is 0 Å². The summed E-state index contributed by atoms with van der Waals surface area (Å²) < 4.78 is 39.4. The van der Waals surface area contributed by atoms with Gasteiger partial charge in [0, 0.05) is 0 Å². The molecule has 1 aliphatic rings. The normalized spacial score (nSPS) is 17.6. The molecule has 1 fully saturated rings. The first kappa shape index (κ1) is 20.1. The highest BCUT2D eigenvalue weighted by Crippen LogP contribution is 2.36. The van der Waals surface area contributed by atoms with E-state index in [0.29, 0.717) is 19.3 Å². The number of alkyl halides is 2. The van der Waals surface area contributed by atoms with Gasteiger partial charge < -0.3 is 9.47 Å². The quantitative estimate of drug-likeness (QED) is 0.291. The van der Waals surface area contributed by atoms with E-state index in [-0.39, 0.29) is 0 Å². The Kier molecular flexibility index (Phi) is 8.17. The molecule has 1 N–H and O–H groups in total. The van der Waals surface area contributed by atoms with Crippen LogP contribution in [0.1, 0.15) is 51.9 Å². The number of rotatable bonds is 9. The number of hydrogen-bond donors (Lipinski definition) is 1. The number of carbonyl (C=O) groups is 2. The van der Waals surface area contributed by atoms with Gasteiger partial charge in [0.25, 0.3) is 0 Å². The smallest absolute Gasteiger partial charge is 0.415 e. The molecular weight excluding hydrogens is 338 g/mol. The maximum absolute atomic E-state index is 13.1. The molecule has 0 aromatic carbocycles. The molecule has 0 aromatic rings. The van der Waals surface area contributed by atoms with Gasteiger partial charge in [-0.3, -0.25) is 0 Å². The molecule has 10 heteroatoms. The Morgan fingerprint density at radius 3 is 2.48 bits per heavy atom. The third kappa shape index (κ3) is 6.58. The fourth-order valence-electron chi connectivity index (χ4n) is 2.63. The van der Waals surface area contributed by atoms with Crippen LogP contribution in [0.15, 0.2) is 0 Å². The van der Waals surface area contributed by atoms with Gasteiger partial charge in [-0.2, -0.15) is 8.78 Å².